The van der Waals surface area contributed by atoms with Gasteiger partial charge >= 0.3 is 6.09 Å². The van der Waals surface area contributed by atoms with Crippen LogP contribution in [0.4, 0.5) is 4.79 Å². The van der Waals surface area contributed by atoms with E-state index in [9.17, 15) is 4.79 Å². The van der Waals surface area contributed by atoms with Crippen LogP contribution in [0.2, 0.25) is 0 Å². The van der Waals surface area contributed by atoms with Crippen molar-refractivity contribution in [2.45, 2.75) is 71.1 Å². The number of carbonyl (C=O) groups excluding carboxylic acids is 1. The standard InChI is InChI=1S/C19H29N3O2S/c1-19(2,3)24-18(23)22-13-17(14-7-5-4-6-8-14)21-12-16-10-9-15(11-20)25-16/h9-10,14,17,21H,4-8,12-13H2,1-3H3,(H,22,23). The lowest BCUT2D eigenvalue weighted by atomic mass is 9.84. The van der Waals surface area contributed by atoms with E-state index in [1.165, 1.54) is 43.4 Å². The Morgan fingerprint density at radius 3 is 2.68 bits per heavy atom. The number of nitrogens with zero attached hydrogens (tertiary/aromatic N) is 1. The minimum Gasteiger partial charge on any atom is -0.444 e. The van der Waals surface area contributed by atoms with Crippen molar-refractivity contribution < 1.29 is 9.53 Å². The molecule has 2 rings (SSSR count). The van der Waals surface area contributed by atoms with Gasteiger partial charge in [0.2, 0.25) is 0 Å². The summed E-state index contributed by atoms with van der Waals surface area (Å²) in [6.45, 7) is 6.90. The predicted molar refractivity (Wildman–Crippen MR) is 100 cm³/mol. The lowest BCUT2D eigenvalue weighted by Crippen LogP contribution is -2.46. The highest BCUT2D eigenvalue weighted by atomic mass is 32.1. The first kappa shape index (κ1) is 19.7. The van der Waals surface area contributed by atoms with Crippen molar-refractivity contribution in [3.8, 4) is 6.07 Å². The van der Waals surface area contributed by atoms with Gasteiger partial charge in [0, 0.05) is 24.0 Å². The summed E-state index contributed by atoms with van der Waals surface area (Å²) >= 11 is 1.52. The number of hydrogen-bond donors (Lipinski definition) is 2. The van der Waals surface area contributed by atoms with Crippen molar-refractivity contribution in [3.05, 3.63) is 21.9 Å². The van der Waals surface area contributed by atoms with E-state index in [0.717, 1.165) is 16.3 Å². The van der Waals surface area contributed by atoms with Crippen molar-refractivity contribution >= 4 is 17.4 Å². The fourth-order valence-corrected chi connectivity index (χ4v) is 3.97. The lowest BCUT2D eigenvalue weighted by Gasteiger charge is -2.31. The highest BCUT2D eigenvalue weighted by Gasteiger charge is 2.25. The predicted octanol–water partition coefficient (Wildman–Crippen LogP) is 4.18. The van der Waals surface area contributed by atoms with Gasteiger partial charge in [-0.2, -0.15) is 5.26 Å². The van der Waals surface area contributed by atoms with E-state index in [1.807, 2.05) is 32.9 Å². The molecule has 0 radical (unpaired) electrons. The van der Waals surface area contributed by atoms with Gasteiger partial charge in [-0.3, -0.25) is 0 Å². The number of ether oxygens (including phenoxy) is 1. The lowest BCUT2D eigenvalue weighted by molar-refractivity contribution is 0.0515. The molecule has 5 nitrogen and oxygen atoms in total. The molecule has 0 spiro atoms. The van der Waals surface area contributed by atoms with Crippen LogP contribution < -0.4 is 10.6 Å². The molecule has 1 fully saturated rings. The first-order valence-electron chi connectivity index (χ1n) is 9.06. The van der Waals surface area contributed by atoms with Gasteiger partial charge < -0.3 is 15.4 Å². The molecule has 1 aliphatic rings. The largest absolute Gasteiger partial charge is 0.444 e. The van der Waals surface area contributed by atoms with Gasteiger partial charge in [-0.1, -0.05) is 19.3 Å². The Morgan fingerprint density at radius 1 is 1.36 bits per heavy atom. The molecule has 1 heterocycles. The van der Waals surface area contributed by atoms with E-state index in [2.05, 4.69) is 16.7 Å². The number of rotatable bonds is 6. The van der Waals surface area contributed by atoms with Crippen LogP contribution in [0.15, 0.2) is 12.1 Å². The summed E-state index contributed by atoms with van der Waals surface area (Å²) < 4.78 is 5.34. The molecular weight excluding hydrogens is 334 g/mol. The summed E-state index contributed by atoms with van der Waals surface area (Å²) in [6, 6.07) is 6.25. The number of alkyl carbamates (subject to hydrolysis) is 1. The Kier molecular flexibility index (Phi) is 7.27. The first-order valence-corrected chi connectivity index (χ1v) is 9.88. The zero-order chi connectivity index (χ0) is 18.3. The molecule has 0 saturated heterocycles. The number of carbonyl (C=O) groups is 1. The van der Waals surface area contributed by atoms with Gasteiger partial charge in [0.15, 0.2) is 0 Å². The van der Waals surface area contributed by atoms with Crippen LogP contribution in [0.25, 0.3) is 0 Å². The highest BCUT2D eigenvalue weighted by molar-refractivity contribution is 7.12. The van der Waals surface area contributed by atoms with Crippen LogP contribution in [0.5, 0.6) is 0 Å². The minimum atomic E-state index is -0.484. The molecule has 138 valence electrons. The van der Waals surface area contributed by atoms with E-state index >= 15 is 0 Å². The summed E-state index contributed by atoms with van der Waals surface area (Å²) in [6.07, 6.45) is 5.85. The molecule has 1 unspecified atom stereocenters. The molecule has 0 bridgehead atoms. The van der Waals surface area contributed by atoms with Crippen LogP contribution in [-0.2, 0) is 11.3 Å². The van der Waals surface area contributed by atoms with E-state index in [4.69, 9.17) is 10.00 Å². The second kappa shape index (κ2) is 9.21. The van der Waals surface area contributed by atoms with Crippen LogP contribution in [0.3, 0.4) is 0 Å². The maximum absolute atomic E-state index is 12.0. The first-order chi connectivity index (χ1) is 11.9. The molecule has 2 N–H and O–H groups in total. The summed E-state index contributed by atoms with van der Waals surface area (Å²) in [5, 5.41) is 15.5. The zero-order valence-electron chi connectivity index (χ0n) is 15.4. The van der Waals surface area contributed by atoms with E-state index in [0.29, 0.717) is 12.5 Å². The monoisotopic (exact) mass is 363 g/mol. The minimum absolute atomic E-state index is 0.223. The van der Waals surface area contributed by atoms with Crippen molar-refractivity contribution in [1.82, 2.24) is 10.6 Å². The highest BCUT2D eigenvalue weighted by Crippen LogP contribution is 2.27. The normalized spacial score (nSPS) is 16.9. The topological polar surface area (TPSA) is 74.2 Å². The van der Waals surface area contributed by atoms with E-state index in [-0.39, 0.29) is 12.1 Å². The van der Waals surface area contributed by atoms with Crippen LogP contribution in [0.1, 0.15) is 62.6 Å². The fourth-order valence-electron chi connectivity index (χ4n) is 3.21. The van der Waals surface area contributed by atoms with Gasteiger partial charge in [-0.15, -0.1) is 11.3 Å². The number of nitriles is 1. The third-order valence-electron chi connectivity index (χ3n) is 4.39. The van der Waals surface area contributed by atoms with Crippen LogP contribution >= 0.6 is 11.3 Å². The van der Waals surface area contributed by atoms with Crippen LogP contribution in [0, 0.1) is 17.2 Å². The Hall–Kier alpha value is -1.58. The maximum atomic E-state index is 12.0. The number of hydrogen-bond acceptors (Lipinski definition) is 5. The third-order valence-corrected chi connectivity index (χ3v) is 5.38. The molecule has 1 aromatic heterocycles. The maximum Gasteiger partial charge on any atom is 0.407 e. The molecule has 1 aromatic rings. The Morgan fingerprint density at radius 2 is 2.08 bits per heavy atom. The molecule has 1 atom stereocenters. The summed E-state index contributed by atoms with van der Waals surface area (Å²) in [7, 11) is 0. The van der Waals surface area contributed by atoms with Crippen LogP contribution in [-0.4, -0.2) is 24.3 Å². The molecule has 1 saturated carbocycles. The molecule has 0 aromatic carbocycles. The summed E-state index contributed by atoms with van der Waals surface area (Å²) in [5.74, 6) is 0.569. The smallest absolute Gasteiger partial charge is 0.407 e. The van der Waals surface area contributed by atoms with Crippen molar-refractivity contribution in [2.24, 2.45) is 5.92 Å². The number of thiophene rings is 1. The van der Waals surface area contributed by atoms with Gasteiger partial charge in [-0.05, 0) is 51.7 Å². The van der Waals surface area contributed by atoms with Gasteiger partial charge in [-0.25, -0.2) is 4.79 Å². The Balaban J connectivity index is 1.90. The SMILES string of the molecule is CC(C)(C)OC(=O)NCC(NCc1ccc(C#N)s1)C1CCCCC1. The molecule has 25 heavy (non-hydrogen) atoms. The summed E-state index contributed by atoms with van der Waals surface area (Å²) in [5.41, 5.74) is -0.484. The molecule has 1 amide bonds. The quantitative estimate of drug-likeness (QED) is 0.795. The Bertz CT molecular complexity index is 595. The Labute approximate surface area is 154 Å². The van der Waals surface area contributed by atoms with E-state index < -0.39 is 5.60 Å². The second-order valence-electron chi connectivity index (χ2n) is 7.65. The average molecular weight is 364 g/mol. The fraction of sp³-hybridized carbons (Fsp3) is 0.684. The average Bonchev–Trinajstić information content (AvgIpc) is 3.02. The zero-order valence-corrected chi connectivity index (χ0v) is 16.2. The van der Waals surface area contributed by atoms with Crippen molar-refractivity contribution in [1.29, 1.82) is 5.26 Å². The number of nitrogens with one attached hydrogen (secondary N) is 2. The third kappa shape index (κ3) is 7.05. The molecule has 1 aliphatic carbocycles. The van der Waals surface area contributed by atoms with E-state index in [1.54, 1.807) is 0 Å². The van der Waals surface area contributed by atoms with Crippen molar-refractivity contribution in [3.63, 3.8) is 0 Å². The summed E-state index contributed by atoms with van der Waals surface area (Å²) in [4.78, 5) is 13.8. The van der Waals surface area contributed by atoms with Gasteiger partial charge in [0.05, 0.1) is 0 Å². The number of amides is 1. The molecule has 6 heteroatoms. The van der Waals surface area contributed by atoms with Crippen molar-refractivity contribution in [2.75, 3.05) is 6.54 Å². The second-order valence-corrected chi connectivity index (χ2v) is 8.81. The van der Waals surface area contributed by atoms with Gasteiger partial charge in [0.1, 0.15) is 16.5 Å². The molecule has 0 aliphatic heterocycles. The van der Waals surface area contributed by atoms with Gasteiger partial charge in [0.25, 0.3) is 0 Å². The molecular formula is C19H29N3O2S.